The Hall–Kier alpha value is -2.85. The summed E-state index contributed by atoms with van der Waals surface area (Å²) in [6.45, 7) is 0. The number of halogens is 1. The first-order valence-electron chi connectivity index (χ1n) is 7.06. The van der Waals surface area contributed by atoms with E-state index in [9.17, 15) is 4.79 Å². The molecular formula is C18H14ClN3O. The Morgan fingerprint density at radius 1 is 1.00 bits per heavy atom. The minimum Gasteiger partial charge on any atom is -0.323 e. The number of aromatic nitrogens is 1. The lowest BCUT2D eigenvalue weighted by Crippen LogP contribution is -2.19. The van der Waals surface area contributed by atoms with Crippen molar-refractivity contribution < 1.29 is 4.79 Å². The van der Waals surface area contributed by atoms with Gasteiger partial charge in [0.15, 0.2) is 0 Å². The number of rotatable bonds is 4. The van der Waals surface area contributed by atoms with Crippen LogP contribution in [-0.4, -0.2) is 16.7 Å². The monoisotopic (exact) mass is 323 g/mol. The van der Waals surface area contributed by atoms with Crippen LogP contribution in [0.2, 0.25) is 5.02 Å². The number of nitrogens with zero attached hydrogens (tertiary/aromatic N) is 2. The average Bonchev–Trinajstić information content (AvgIpc) is 3.11. The number of hydrogen-bond acceptors (Lipinski definition) is 2. The van der Waals surface area contributed by atoms with Gasteiger partial charge in [0.05, 0.1) is 17.5 Å². The number of amides is 1. The molecule has 1 aromatic heterocycles. The molecule has 4 nitrogen and oxygen atoms in total. The van der Waals surface area contributed by atoms with E-state index in [1.165, 1.54) is 6.21 Å². The van der Waals surface area contributed by atoms with Gasteiger partial charge in [-0.05, 0) is 30.3 Å². The molecule has 1 N–H and O–H groups in total. The maximum Gasteiger partial charge on any atom is 0.273 e. The van der Waals surface area contributed by atoms with E-state index in [1.807, 2.05) is 65.5 Å². The molecule has 0 aliphatic carbocycles. The molecule has 0 bridgehead atoms. The Kier molecular flexibility index (Phi) is 4.54. The molecule has 23 heavy (non-hydrogen) atoms. The summed E-state index contributed by atoms with van der Waals surface area (Å²) in [7, 11) is 0. The van der Waals surface area contributed by atoms with E-state index in [1.54, 1.807) is 12.1 Å². The van der Waals surface area contributed by atoms with Crippen molar-refractivity contribution in [1.82, 2.24) is 9.99 Å². The van der Waals surface area contributed by atoms with Gasteiger partial charge in [0, 0.05) is 23.0 Å². The fourth-order valence-electron chi connectivity index (χ4n) is 2.19. The van der Waals surface area contributed by atoms with Crippen LogP contribution in [0.15, 0.2) is 78.2 Å². The quantitative estimate of drug-likeness (QED) is 0.574. The number of carbonyl (C=O) groups is 1. The smallest absolute Gasteiger partial charge is 0.273 e. The SMILES string of the molecule is O=C(NN=Cc1ccccc1Cl)c1ccccc1-n1cccc1. The predicted molar refractivity (Wildman–Crippen MR) is 92.3 cm³/mol. The van der Waals surface area contributed by atoms with Crippen molar-refractivity contribution >= 4 is 23.7 Å². The van der Waals surface area contributed by atoms with E-state index in [0.29, 0.717) is 10.6 Å². The molecule has 0 saturated carbocycles. The number of nitrogens with one attached hydrogen (secondary N) is 1. The number of hydrazone groups is 1. The van der Waals surface area contributed by atoms with Crippen LogP contribution in [0.25, 0.3) is 5.69 Å². The van der Waals surface area contributed by atoms with Gasteiger partial charge in [-0.15, -0.1) is 0 Å². The third-order valence-corrected chi connectivity index (χ3v) is 3.65. The van der Waals surface area contributed by atoms with Crippen LogP contribution in [0.3, 0.4) is 0 Å². The van der Waals surface area contributed by atoms with Crippen LogP contribution in [0, 0.1) is 0 Å². The van der Waals surface area contributed by atoms with Gasteiger partial charge in [0.25, 0.3) is 5.91 Å². The third kappa shape index (κ3) is 3.49. The topological polar surface area (TPSA) is 46.4 Å². The van der Waals surface area contributed by atoms with Crippen LogP contribution in [0.1, 0.15) is 15.9 Å². The molecule has 3 aromatic rings. The van der Waals surface area contributed by atoms with Crippen molar-refractivity contribution in [2.24, 2.45) is 5.10 Å². The molecule has 0 spiro atoms. The lowest BCUT2D eigenvalue weighted by molar-refractivity contribution is 0.0955. The first kappa shape index (κ1) is 15.1. The number of benzene rings is 2. The van der Waals surface area contributed by atoms with Gasteiger partial charge in [-0.3, -0.25) is 4.79 Å². The molecule has 0 unspecified atom stereocenters. The molecule has 5 heteroatoms. The molecule has 0 radical (unpaired) electrons. The molecule has 0 aliphatic heterocycles. The molecular weight excluding hydrogens is 310 g/mol. The van der Waals surface area contributed by atoms with Crippen molar-refractivity contribution in [3.05, 3.63) is 89.2 Å². The Balaban J connectivity index is 1.78. The Bertz CT molecular complexity index is 841. The van der Waals surface area contributed by atoms with Crippen LogP contribution < -0.4 is 5.43 Å². The summed E-state index contributed by atoms with van der Waals surface area (Å²) in [5.41, 5.74) is 4.62. The molecule has 0 fully saturated rings. The highest BCUT2D eigenvalue weighted by atomic mass is 35.5. The van der Waals surface area contributed by atoms with Gasteiger partial charge in [0.1, 0.15) is 0 Å². The summed E-state index contributed by atoms with van der Waals surface area (Å²) in [4.78, 5) is 12.4. The maximum atomic E-state index is 12.4. The van der Waals surface area contributed by atoms with Gasteiger partial charge in [0.2, 0.25) is 0 Å². The molecule has 1 amide bonds. The maximum absolute atomic E-state index is 12.4. The number of carbonyl (C=O) groups excluding carboxylic acids is 1. The predicted octanol–water partition coefficient (Wildman–Crippen LogP) is 3.89. The Morgan fingerprint density at radius 2 is 1.70 bits per heavy atom. The summed E-state index contributed by atoms with van der Waals surface area (Å²) in [6.07, 6.45) is 5.30. The molecule has 0 aliphatic rings. The minimum atomic E-state index is -0.280. The van der Waals surface area contributed by atoms with E-state index in [4.69, 9.17) is 11.6 Å². The van der Waals surface area contributed by atoms with Crippen molar-refractivity contribution in [3.8, 4) is 5.69 Å². The van der Waals surface area contributed by atoms with Crippen molar-refractivity contribution in [2.75, 3.05) is 0 Å². The standard InChI is InChI=1S/C18H14ClN3O/c19-16-9-3-1-7-14(16)13-20-21-18(23)15-8-2-4-10-17(15)22-11-5-6-12-22/h1-13H,(H,21,23). The highest BCUT2D eigenvalue weighted by Gasteiger charge is 2.10. The van der Waals surface area contributed by atoms with E-state index in [2.05, 4.69) is 10.5 Å². The van der Waals surface area contributed by atoms with Gasteiger partial charge in [-0.2, -0.15) is 5.10 Å². The zero-order valence-electron chi connectivity index (χ0n) is 12.2. The molecule has 0 atom stereocenters. The average molecular weight is 324 g/mol. The highest BCUT2D eigenvalue weighted by molar-refractivity contribution is 6.33. The van der Waals surface area contributed by atoms with Crippen molar-refractivity contribution in [1.29, 1.82) is 0 Å². The first-order valence-corrected chi connectivity index (χ1v) is 7.44. The summed E-state index contributed by atoms with van der Waals surface area (Å²) in [5.74, 6) is -0.280. The number of hydrogen-bond donors (Lipinski definition) is 1. The largest absolute Gasteiger partial charge is 0.323 e. The van der Waals surface area contributed by atoms with E-state index < -0.39 is 0 Å². The number of para-hydroxylation sites is 1. The second-order valence-electron chi connectivity index (χ2n) is 4.83. The summed E-state index contributed by atoms with van der Waals surface area (Å²) >= 11 is 6.04. The molecule has 114 valence electrons. The molecule has 2 aromatic carbocycles. The van der Waals surface area contributed by atoms with Crippen LogP contribution >= 0.6 is 11.6 Å². The Morgan fingerprint density at radius 3 is 2.48 bits per heavy atom. The lowest BCUT2D eigenvalue weighted by Gasteiger charge is -2.09. The third-order valence-electron chi connectivity index (χ3n) is 3.31. The zero-order valence-corrected chi connectivity index (χ0v) is 12.9. The summed E-state index contributed by atoms with van der Waals surface area (Å²) < 4.78 is 1.88. The van der Waals surface area contributed by atoms with Gasteiger partial charge >= 0.3 is 0 Å². The van der Waals surface area contributed by atoms with Gasteiger partial charge in [-0.25, -0.2) is 5.43 Å². The normalized spacial score (nSPS) is 10.8. The van der Waals surface area contributed by atoms with E-state index in [-0.39, 0.29) is 5.91 Å². The fraction of sp³-hybridized carbons (Fsp3) is 0. The molecule has 3 rings (SSSR count). The first-order chi connectivity index (χ1) is 11.3. The van der Waals surface area contributed by atoms with E-state index >= 15 is 0 Å². The molecule has 1 heterocycles. The summed E-state index contributed by atoms with van der Waals surface area (Å²) in [6, 6.07) is 18.5. The van der Waals surface area contributed by atoms with Crippen molar-refractivity contribution in [2.45, 2.75) is 0 Å². The lowest BCUT2D eigenvalue weighted by atomic mass is 10.1. The summed E-state index contributed by atoms with van der Waals surface area (Å²) in [5, 5.41) is 4.56. The minimum absolute atomic E-state index is 0.280. The van der Waals surface area contributed by atoms with Crippen molar-refractivity contribution in [3.63, 3.8) is 0 Å². The zero-order chi connectivity index (χ0) is 16.1. The van der Waals surface area contributed by atoms with Crippen LogP contribution in [0.5, 0.6) is 0 Å². The second kappa shape index (κ2) is 6.94. The van der Waals surface area contributed by atoms with Gasteiger partial charge < -0.3 is 4.57 Å². The van der Waals surface area contributed by atoms with Gasteiger partial charge in [-0.1, -0.05) is 41.9 Å². The highest BCUT2D eigenvalue weighted by Crippen LogP contribution is 2.15. The second-order valence-corrected chi connectivity index (χ2v) is 5.24. The fourth-order valence-corrected chi connectivity index (χ4v) is 2.37. The molecule has 0 saturated heterocycles. The van der Waals surface area contributed by atoms with Crippen LogP contribution in [-0.2, 0) is 0 Å². The van der Waals surface area contributed by atoms with E-state index in [0.717, 1.165) is 11.3 Å². The van der Waals surface area contributed by atoms with Crippen LogP contribution in [0.4, 0.5) is 0 Å². The Labute approximate surface area is 139 Å².